The van der Waals surface area contributed by atoms with E-state index in [0.717, 1.165) is 25.9 Å². The third kappa shape index (κ3) is 6.48. The Labute approximate surface area is 154 Å². The normalized spacial score (nSPS) is 14.2. The molecule has 0 spiro atoms. The van der Waals surface area contributed by atoms with Gasteiger partial charge in [0.1, 0.15) is 0 Å². The van der Waals surface area contributed by atoms with Crippen molar-refractivity contribution in [3.63, 3.8) is 0 Å². The molecule has 26 heavy (non-hydrogen) atoms. The number of likely N-dealkylation sites (N-methyl/N-ethyl adjacent to an activating group) is 1. The van der Waals surface area contributed by atoms with Gasteiger partial charge in [0.05, 0.1) is 13.1 Å². The maximum Gasteiger partial charge on any atom is 0.238 e. The Hall–Kier alpha value is -2.41. The zero-order chi connectivity index (χ0) is 18.9. The van der Waals surface area contributed by atoms with Crippen LogP contribution in [0.15, 0.2) is 24.3 Å². The average molecular weight is 360 g/mol. The van der Waals surface area contributed by atoms with Crippen LogP contribution in [0.4, 0.5) is 11.4 Å². The van der Waals surface area contributed by atoms with Gasteiger partial charge in [0.15, 0.2) is 0 Å². The maximum atomic E-state index is 12.4. The summed E-state index contributed by atoms with van der Waals surface area (Å²) in [7, 11) is 0. The Morgan fingerprint density at radius 3 is 2.08 bits per heavy atom. The number of hydrogen-bond donors (Lipinski definition) is 2. The van der Waals surface area contributed by atoms with Crippen LogP contribution in [0, 0.1) is 0 Å². The Bertz CT molecular complexity index is 624. The Kier molecular flexibility index (Phi) is 7.59. The molecule has 1 saturated heterocycles. The van der Waals surface area contributed by atoms with E-state index in [1.807, 2.05) is 16.7 Å². The predicted molar refractivity (Wildman–Crippen MR) is 102 cm³/mol. The topological polar surface area (TPSA) is 81.8 Å². The number of benzene rings is 1. The predicted octanol–water partition coefficient (Wildman–Crippen LogP) is 1.92. The highest BCUT2D eigenvalue weighted by atomic mass is 16.2. The Morgan fingerprint density at radius 2 is 1.54 bits per heavy atom. The van der Waals surface area contributed by atoms with Crippen LogP contribution in [0.1, 0.15) is 33.1 Å². The molecule has 0 aliphatic carbocycles. The molecule has 7 nitrogen and oxygen atoms in total. The highest BCUT2D eigenvalue weighted by Crippen LogP contribution is 2.13. The van der Waals surface area contributed by atoms with Crippen LogP contribution >= 0.6 is 0 Å². The van der Waals surface area contributed by atoms with Crippen molar-refractivity contribution in [1.29, 1.82) is 0 Å². The molecule has 1 aliphatic heterocycles. The number of carbonyl (C=O) groups excluding carboxylic acids is 3. The van der Waals surface area contributed by atoms with E-state index >= 15 is 0 Å². The summed E-state index contributed by atoms with van der Waals surface area (Å²) >= 11 is 0. The first-order valence-corrected chi connectivity index (χ1v) is 9.15. The summed E-state index contributed by atoms with van der Waals surface area (Å²) in [5, 5.41) is 5.50. The summed E-state index contributed by atoms with van der Waals surface area (Å²) in [6.07, 6.45) is 3.31. The first-order valence-electron chi connectivity index (χ1n) is 9.15. The number of likely N-dealkylation sites (tertiary alicyclic amines) is 1. The number of anilines is 2. The summed E-state index contributed by atoms with van der Waals surface area (Å²) in [6, 6.07) is 6.93. The number of hydrogen-bond acceptors (Lipinski definition) is 4. The highest BCUT2D eigenvalue weighted by molar-refractivity contribution is 5.93. The lowest BCUT2D eigenvalue weighted by atomic mass is 10.1. The minimum absolute atomic E-state index is 0.0963. The molecule has 0 aromatic heterocycles. The van der Waals surface area contributed by atoms with Gasteiger partial charge in [-0.3, -0.25) is 19.3 Å². The third-order valence-corrected chi connectivity index (χ3v) is 4.37. The van der Waals surface area contributed by atoms with Gasteiger partial charge in [-0.2, -0.15) is 0 Å². The van der Waals surface area contributed by atoms with Crippen molar-refractivity contribution in [2.45, 2.75) is 33.1 Å². The number of nitrogens with one attached hydrogen (secondary N) is 2. The fourth-order valence-corrected chi connectivity index (χ4v) is 2.96. The molecule has 2 N–H and O–H groups in total. The Morgan fingerprint density at radius 1 is 0.962 bits per heavy atom. The van der Waals surface area contributed by atoms with Crippen LogP contribution < -0.4 is 10.6 Å². The van der Waals surface area contributed by atoms with Crippen LogP contribution in [-0.4, -0.2) is 60.2 Å². The average Bonchev–Trinajstić information content (AvgIpc) is 2.63. The molecule has 1 aromatic rings. The number of rotatable bonds is 7. The second kappa shape index (κ2) is 9.91. The fraction of sp³-hybridized carbons (Fsp3) is 0.526. The van der Waals surface area contributed by atoms with E-state index in [4.69, 9.17) is 0 Å². The molecule has 0 saturated carbocycles. The molecule has 0 bridgehead atoms. The highest BCUT2D eigenvalue weighted by Gasteiger charge is 2.20. The summed E-state index contributed by atoms with van der Waals surface area (Å²) in [5.74, 6) is -0.205. The van der Waals surface area contributed by atoms with Gasteiger partial charge in [0, 0.05) is 31.4 Å². The van der Waals surface area contributed by atoms with E-state index < -0.39 is 0 Å². The molecule has 1 heterocycles. The first kappa shape index (κ1) is 19.9. The van der Waals surface area contributed by atoms with Gasteiger partial charge in [-0.25, -0.2) is 0 Å². The number of carbonyl (C=O) groups is 3. The second-order valence-electron chi connectivity index (χ2n) is 6.55. The van der Waals surface area contributed by atoms with Gasteiger partial charge >= 0.3 is 0 Å². The molecule has 3 amide bonds. The molecule has 1 fully saturated rings. The molecule has 142 valence electrons. The van der Waals surface area contributed by atoms with Crippen LogP contribution in [-0.2, 0) is 14.4 Å². The summed E-state index contributed by atoms with van der Waals surface area (Å²) < 4.78 is 0. The number of piperidine rings is 1. The molecule has 1 aromatic carbocycles. The van der Waals surface area contributed by atoms with Gasteiger partial charge in [0.25, 0.3) is 0 Å². The van der Waals surface area contributed by atoms with Gasteiger partial charge < -0.3 is 15.5 Å². The molecule has 0 unspecified atom stereocenters. The SMILES string of the molecule is CCN(CC(=O)Nc1ccc(NC(C)=O)cc1)CC(=O)N1CCCCC1. The van der Waals surface area contributed by atoms with Crippen molar-refractivity contribution >= 4 is 29.1 Å². The molecule has 0 atom stereocenters. The minimum atomic E-state index is -0.162. The maximum absolute atomic E-state index is 12.4. The molecular formula is C19H28N4O3. The molecule has 0 radical (unpaired) electrons. The van der Waals surface area contributed by atoms with Crippen molar-refractivity contribution in [3.05, 3.63) is 24.3 Å². The van der Waals surface area contributed by atoms with Crippen LogP contribution in [0.3, 0.4) is 0 Å². The van der Waals surface area contributed by atoms with E-state index in [1.165, 1.54) is 13.3 Å². The second-order valence-corrected chi connectivity index (χ2v) is 6.55. The largest absolute Gasteiger partial charge is 0.342 e. The van der Waals surface area contributed by atoms with E-state index in [0.29, 0.717) is 17.9 Å². The van der Waals surface area contributed by atoms with E-state index in [-0.39, 0.29) is 30.8 Å². The van der Waals surface area contributed by atoms with Crippen molar-refractivity contribution in [3.8, 4) is 0 Å². The lowest BCUT2D eigenvalue weighted by Crippen LogP contribution is -2.44. The monoisotopic (exact) mass is 360 g/mol. The fourth-order valence-electron chi connectivity index (χ4n) is 2.96. The van der Waals surface area contributed by atoms with Crippen molar-refractivity contribution in [1.82, 2.24) is 9.80 Å². The summed E-state index contributed by atoms with van der Waals surface area (Å²) in [4.78, 5) is 39.4. The van der Waals surface area contributed by atoms with Crippen LogP contribution in [0.25, 0.3) is 0 Å². The van der Waals surface area contributed by atoms with E-state index in [2.05, 4.69) is 10.6 Å². The smallest absolute Gasteiger partial charge is 0.238 e. The van der Waals surface area contributed by atoms with Gasteiger partial charge in [0.2, 0.25) is 17.7 Å². The first-order chi connectivity index (χ1) is 12.5. The Balaban J connectivity index is 1.82. The molecule has 2 rings (SSSR count). The van der Waals surface area contributed by atoms with Crippen molar-refractivity contribution < 1.29 is 14.4 Å². The zero-order valence-electron chi connectivity index (χ0n) is 15.6. The summed E-state index contributed by atoms with van der Waals surface area (Å²) in [6.45, 7) is 6.11. The van der Waals surface area contributed by atoms with Crippen molar-refractivity contribution in [2.75, 3.05) is 43.4 Å². The minimum Gasteiger partial charge on any atom is -0.342 e. The van der Waals surface area contributed by atoms with Gasteiger partial charge in [-0.15, -0.1) is 0 Å². The van der Waals surface area contributed by atoms with Crippen molar-refractivity contribution in [2.24, 2.45) is 0 Å². The number of amides is 3. The van der Waals surface area contributed by atoms with Crippen LogP contribution in [0.5, 0.6) is 0 Å². The molecule has 1 aliphatic rings. The lowest BCUT2D eigenvalue weighted by molar-refractivity contribution is -0.133. The standard InChI is InChI=1S/C19H28N4O3/c1-3-22(14-19(26)23-11-5-4-6-12-23)13-18(25)21-17-9-7-16(8-10-17)20-15(2)24/h7-10H,3-6,11-14H2,1-2H3,(H,20,24)(H,21,25). The van der Waals surface area contributed by atoms with E-state index in [9.17, 15) is 14.4 Å². The number of nitrogens with zero attached hydrogens (tertiary/aromatic N) is 2. The third-order valence-electron chi connectivity index (χ3n) is 4.37. The van der Waals surface area contributed by atoms with Gasteiger partial charge in [-0.05, 0) is 50.1 Å². The zero-order valence-corrected chi connectivity index (χ0v) is 15.6. The van der Waals surface area contributed by atoms with Crippen LogP contribution in [0.2, 0.25) is 0 Å². The van der Waals surface area contributed by atoms with Gasteiger partial charge in [-0.1, -0.05) is 6.92 Å². The lowest BCUT2D eigenvalue weighted by Gasteiger charge is -2.29. The van der Waals surface area contributed by atoms with E-state index in [1.54, 1.807) is 24.3 Å². The summed E-state index contributed by atoms with van der Waals surface area (Å²) in [5.41, 5.74) is 1.33. The molecular weight excluding hydrogens is 332 g/mol. The molecule has 7 heteroatoms. The quantitative estimate of drug-likeness (QED) is 0.778.